The summed E-state index contributed by atoms with van der Waals surface area (Å²) in [6.45, 7) is 0.456. The van der Waals surface area contributed by atoms with Gasteiger partial charge in [0.15, 0.2) is 5.82 Å². The monoisotopic (exact) mass is 281 g/mol. The molecule has 1 aliphatic rings. The SMILES string of the molecule is Nc1cc(C(=O)NCCC2CCC2)c([N+](=O)[O-])cc1F. The van der Waals surface area contributed by atoms with Crippen molar-refractivity contribution in [1.82, 2.24) is 5.32 Å². The standard InChI is InChI=1S/C13H16FN3O3/c14-10-7-12(17(19)20)9(6-11(10)15)13(18)16-5-4-8-2-1-3-8/h6-8H,1-5,15H2,(H,16,18). The Morgan fingerprint density at radius 3 is 2.75 bits per heavy atom. The van der Waals surface area contributed by atoms with Crippen molar-refractivity contribution in [3.8, 4) is 0 Å². The summed E-state index contributed by atoms with van der Waals surface area (Å²) in [6, 6.07) is 1.68. The molecule has 0 heterocycles. The van der Waals surface area contributed by atoms with Gasteiger partial charge in [0.25, 0.3) is 11.6 Å². The number of carbonyl (C=O) groups is 1. The Hall–Kier alpha value is -2.18. The molecule has 1 aromatic carbocycles. The van der Waals surface area contributed by atoms with E-state index >= 15 is 0 Å². The maximum Gasteiger partial charge on any atom is 0.285 e. The highest BCUT2D eigenvalue weighted by Gasteiger charge is 2.23. The van der Waals surface area contributed by atoms with Gasteiger partial charge in [-0.05, 0) is 18.4 Å². The molecule has 0 aliphatic heterocycles. The summed E-state index contributed by atoms with van der Waals surface area (Å²) >= 11 is 0. The van der Waals surface area contributed by atoms with Crippen molar-refractivity contribution in [1.29, 1.82) is 0 Å². The largest absolute Gasteiger partial charge is 0.396 e. The molecular formula is C13H16FN3O3. The Morgan fingerprint density at radius 1 is 1.50 bits per heavy atom. The summed E-state index contributed by atoms with van der Waals surface area (Å²) in [5.74, 6) is -0.867. The number of amides is 1. The lowest BCUT2D eigenvalue weighted by Crippen LogP contribution is -2.28. The van der Waals surface area contributed by atoms with Crippen LogP contribution in [-0.2, 0) is 0 Å². The molecule has 0 saturated heterocycles. The first-order valence-corrected chi connectivity index (χ1v) is 6.50. The first kappa shape index (κ1) is 14.2. The van der Waals surface area contributed by atoms with Gasteiger partial charge in [0, 0.05) is 6.54 Å². The Morgan fingerprint density at radius 2 is 2.20 bits per heavy atom. The molecule has 7 heteroatoms. The Balaban J connectivity index is 2.07. The number of carbonyl (C=O) groups excluding carboxylic acids is 1. The smallest absolute Gasteiger partial charge is 0.285 e. The summed E-state index contributed by atoms with van der Waals surface area (Å²) in [5.41, 5.74) is 4.30. The van der Waals surface area contributed by atoms with E-state index in [-0.39, 0.29) is 11.3 Å². The Kier molecular flexibility index (Phi) is 4.16. The topological polar surface area (TPSA) is 98.3 Å². The molecule has 0 atom stereocenters. The molecule has 6 nitrogen and oxygen atoms in total. The molecule has 3 N–H and O–H groups in total. The lowest BCUT2D eigenvalue weighted by Gasteiger charge is -2.25. The first-order chi connectivity index (χ1) is 9.49. The number of halogens is 1. The number of nitrogens with one attached hydrogen (secondary N) is 1. The molecule has 1 fully saturated rings. The van der Waals surface area contributed by atoms with E-state index in [1.165, 1.54) is 19.3 Å². The van der Waals surface area contributed by atoms with Gasteiger partial charge in [0.2, 0.25) is 0 Å². The van der Waals surface area contributed by atoms with Gasteiger partial charge in [-0.2, -0.15) is 0 Å². The van der Waals surface area contributed by atoms with E-state index in [4.69, 9.17) is 5.73 Å². The van der Waals surface area contributed by atoms with Gasteiger partial charge in [-0.15, -0.1) is 0 Å². The number of nitrogens with zero attached hydrogens (tertiary/aromatic N) is 1. The van der Waals surface area contributed by atoms with E-state index in [9.17, 15) is 19.3 Å². The van der Waals surface area contributed by atoms with E-state index < -0.39 is 22.3 Å². The van der Waals surface area contributed by atoms with Crippen LogP contribution in [0.3, 0.4) is 0 Å². The van der Waals surface area contributed by atoms with E-state index in [2.05, 4.69) is 5.32 Å². The van der Waals surface area contributed by atoms with Gasteiger partial charge in [-0.3, -0.25) is 14.9 Å². The number of benzene rings is 1. The highest BCUT2D eigenvalue weighted by Crippen LogP contribution is 2.29. The third-order valence-corrected chi connectivity index (χ3v) is 3.62. The zero-order valence-electron chi connectivity index (χ0n) is 10.9. The molecule has 0 unspecified atom stereocenters. The van der Waals surface area contributed by atoms with Gasteiger partial charge in [0.05, 0.1) is 16.7 Å². The maximum absolute atomic E-state index is 13.2. The third-order valence-electron chi connectivity index (χ3n) is 3.62. The molecule has 1 aliphatic carbocycles. The molecule has 20 heavy (non-hydrogen) atoms. The fourth-order valence-electron chi connectivity index (χ4n) is 2.18. The fourth-order valence-corrected chi connectivity index (χ4v) is 2.18. The highest BCUT2D eigenvalue weighted by atomic mass is 19.1. The van der Waals surface area contributed by atoms with Gasteiger partial charge < -0.3 is 11.1 Å². The van der Waals surface area contributed by atoms with Crippen molar-refractivity contribution < 1.29 is 14.1 Å². The average Bonchev–Trinajstić information content (AvgIpc) is 2.34. The molecule has 0 radical (unpaired) electrons. The van der Waals surface area contributed by atoms with Crippen molar-refractivity contribution in [3.05, 3.63) is 33.6 Å². The number of nitrogens with two attached hydrogens (primary N) is 1. The third kappa shape index (κ3) is 3.04. The Bertz CT molecular complexity index is 544. The summed E-state index contributed by atoms with van der Waals surface area (Å²) < 4.78 is 13.2. The lowest BCUT2D eigenvalue weighted by atomic mass is 9.83. The fraction of sp³-hybridized carbons (Fsp3) is 0.462. The highest BCUT2D eigenvalue weighted by molar-refractivity contribution is 5.99. The van der Waals surface area contributed by atoms with Gasteiger partial charge >= 0.3 is 0 Å². The van der Waals surface area contributed by atoms with E-state index in [1.54, 1.807) is 0 Å². The van der Waals surface area contributed by atoms with E-state index in [0.29, 0.717) is 18.5 Å². The molecule has 0 aromatic heterocycles. The van der Waals surface area contributed by atoms with Crippen molar-refractivity contribution in [3.63, 3.8) is 0 Å². The maximum atomic E-state index is 13.2. The lowest BCUT2D eigenvalue weighted by molar-refractivity contribution is -0.385. The molecule has 1 aromatic rings. The average molecular weight is 281 g/mol. The van der Waals surface area contributed by atoms with Gasteiger partial charge in [0.1, 0.15) is 5.56 Å². The van der Waals surface area contributed by atoms with Crippen LogP contribution in [-0.4, -0.2) is 17.4 Å². The van der Waals surface area contributed by atoms with E-state index in [1.807, 2.05) is 0 Å². The predicted molar refractivity (Wildman–Crippen MR) is 71.8 cm³/mol. The minimum Gasteiger partial charge on any atom is -0.396 e. The van der Waals surface area contributed by atoms with Crippen LogP contribution in [0.25, 0.3) is 0 Å². The van der Waals surface area contributed by atoms with Crippen LogP contribution in [0.1, 0.15) is 36.0 Å². The van der Waals surface area contributed by atoms with Crippen LogP contribution in [0.4, 0.5) is 15.8 Å². The second kappa shape index (κ2) is 5.85. The molecule has 1 amide bonds. The van der Waals surface area contributed by atoms with Crippen molar-refractivity contribution >= 4 is 17.3 Å². The predicted octanol–water partition coefficient (Wildman–Crippen LogP) is 2.24. The van der Waals surface area contributed by atoms with Gasteiger partial charge in [-0.25, -0.2) is 4.39 Å². The summed E-state index contributed by atoms with van der Waals surface area (Å²) in [6.07, 6.45) is 4.41. The normalized spacial score (nSPS) is 14.7. The number of nitro groups is 1. The summed E-state index contributed by atoms with van der Waals surface area (Å²) in [7, 11) is 0. The van der Waals surface area contributed by atoms with Crippen molar-refractivity contribution in [2.45, 2.75) is 25.7 Å². The molecule has 2 rings (SSSR count). The zero-order valence-corrected chi connectivity index (χ0v) is 10.9. The quantitative estimate of drug-likeness (QED) is 0.491. The van der Waals surface area contributed by atoms with Crippen LogP contribution in [0, 0.1) is 21.8 Å². The molecule has 108 valence electrons. The summed E-state index contributed by atoms with van der Waals surface area (Å²) in [5, 5.41) is 13.5. The number of hydrogen-bond acceptors (Lipinski definition) is 4. The van der Waals surface area contributed by atoms with Crippen LogP contribution in [0.15, 0.2) is 12.1 Å². The Labute approximate surface area is 115 Å². The van der Waals surface area contributed by atoms with Crippen LogP contribution < -0.4 is 11.1 Å². The number of rotatable bonds is 5. The second-order valence-corrected chi connectivity index (χ2v) is 4.99. The molecule has 1 saturated carbocycles. The first-order valence-electron chi connectivity index (χ1n) is 6.50. The van der Waals surface area contributed by atoms with Crippen LogP contribution in [0.5, 0.6) is 0 Å². The van der Waals surface area contributed by atoms with Crippen LogP contribution >= 0.6 is 0 Å². The second-order valence-electron chi connectivity index (χ2n) is 4.99. The number of nitrogen functional groups attached to an aromatic ring is 1. The molecular weight excluding hydrogens is 265 g/mol. The number of hydrogen-bond donors (Lipinski definition) is 2. The van der Waals surface area contributed by atoms with Gasteiger partial charge in [-0.1, -0.05) is 19.3 Å². The van der Waals surface area contributed by atoms with Crippen molar-refractivity contribution in [2.24, 2.45) is 5.92 Å². The zero-order chi connectivity index (χ0) is 14.7. The minimum absolute atomic E-state index is 0.206. The number of anilines is 1. The molecule has 0 spiro atoms. The van der Waals surface area contributed by atoms with Crippen molar-refractivity contribution in [2.75, 3.05) is 12.3 Å². The molecule has 0 bridgehead atoms. The number of nitro benzene ring substituents is 1. The summed E-state index contributed by atoms with van der Waals surface area (Å²) in [4.78, 5) is 22.0. The minimum atomic E-state index is -0.900. The van der Waals surface area contributed by atoms with E-state index in [0.717, 1.165) is 12.5 Å². The van der Waals surface area contributed by atoms with Crippen LogP contribution in [0.2, 0.25) is 0 Å².